The van der Waals surface area contributed by atoms with E-state index >= 15 is 0 Å². The van der Waals surface area contributed by atoms with E-state index in [2.05, 4.69) is 23.2 Å². The predicted molar refractivity (Wildman–Crippen MR) is 106 cm³/mol. The molecule has 0 saturated carbocycles. The summed E-state index contributed by atoms with van der Waals surface area (Å²) >= 11 is 0. The first-order chi connectivity index (χ1) is 13.1. The standard InChI is InChI=1S/C22H27NO4/c1-18(24)16-21(25)8-5-12-26-14-15-27-13-10-19-9-11-23-22(17-19)20-6-3-2-4-7-20/h2-4,6-7,9,11,16-17,25H,5,8,10,12-15H2,1H3. The number of ether oxygens (including phenoxy) is 2. The van der Waals surface area contributed by atoms with Crippen LogP contribution >= 0.6 is 0 Å². The van der Waals surface area contributed by atoms with Crippen LogP contribution in [0.15, 0.2) is 60.5 Å². The molecule has 144 valence electrons. The molecule has 0 atom stereocenters. The molecule has 1 aromatic heterocycles. The molecule has 2 aromatic rings. The number of rotatable bonds is 12. The van der Waals surface area contributed by atoms with Crippen molar-refractivity contribution in [3.8, 4) is 11.3 Å². The van der Waals surface area contributed by atoms with Crippen LogP contribution in [0.2, 0.25) is 0 Å². The number of hydrogen-bond acceptors (Lipinski definition) is 5. The van der Waals surface area contributed by atoms with Crippen LogP contribution in [0.1, 0.15) is 25.3 Å². The quantitative estimate of drug-likeness (QED) is 0.346. The molecule has 0 bridgehead atoms. The van der Waals surface area contributed by atoms with Gasteiger partial charge in [-0.3, -0.25) is 9.78 Å². The van der Waals surface area contributed by atoms with Gasteiger partial charge in [0.15, 0.2) is 5.78 Å². The maximum absolute atomic E-state index is 10.8. The van der Waals surface area contributed by atoms with Crippen LogP contribution in [0.25, 0.3) is 11.3 Å². The minimum absolute atomic E-state index is 0.106. The smallest absolute Gasteiger partial charge is 0.155 e. The zero-order chi connectivity index (χ0) is 19.3. The van der Waals surface area contributed by atoms with Gasteiger partial charge in [-0.25, -0.2) is 0 Å². The van der Waals surface area contributed by atoms with Crippen molar-refractivity contribution < 1.29 is 19.4 Å². The number of aliphatic hydroxyl groups excluding tert-OH is 1. The van der Waals surface area contributed by atoms with Crippen LogP contribution in [-0.2, 0) is 20.7 Å². The minimum atomic E-state index is -0.146. The van der Waals surface area contributed by atoms with Gasteiger partial charge in [0.05, 0.1) is 31.3 Å². The number of ketones is 1. The molecule has 5 nitrogen and oxygen atoms in total. The second kappa shape index (κ2) is 12.0. The summed E-state index contributed by atoms with van der Waals surface area (Å²) in [6.07, 6.45) is 5.02. The summed E-state index contributed by atoms with van der Waals surface area (Å²) < 4.78 is 11.1. The summed E-state index contributed by atoms with van der Waals surface area (Å²) in [4.78, 5) is 15.2. The number of carbonyl (C=O) groups excluding carboxylic acids is 1. The van der Waals surface area contributed by atoms with Gasteiger partial charge in [0.1, 0.15) is 0 Å². The van der Waals surface area contributed by atoms with Gasteiger partial charge in [-0.1, -0.05) is 30.3 Å². The Morgan fingerprint density at radius 1 is 1.07 bits per heavy atom. The van der Waals surface area contributed by atoms with E-state index in [0.717, 1.165) is 17.7 Å². The molecule has 1 N–H and O–H groups in total. The molecule has 1 heterocycles. The predicted octanol–water partition coefficient (Wildman–Crippen LogP) is 4.14. The van der Waals surface area contributed by atoms with Gasteiger partial charge in [0, 0.05) is 30.9 Å². The van der Waals surface area contributed by atoms with Gasteiger partial charge in [-0.05, 0) is 37.5 Å². The highest BCUT2D eigenvalue weighted by molar-refractivity contribution is 5.87. The van der Waals surface area contributed by atoms with E-state index < -0.39 is 0 Å². The molecular formula is C22H27NO4. The lowest BCUT2D eigenvalue weighted by Gasteiger charge is -2.07. The summed E-state index contributed by atoms with van der Waals surface area (Å²) in [6, 6.07) is 14.2. The van der Waals surface area contributed by atoms with Crippen LogP contribution in [0, 0.1) is 0 Å². The zero-order valence-corrected chi connectivity index (χ0v) is 15.8. The minimum Gasteiger partial charge on any atom is -0.512 e. The lowest BCUT2D eigenvalue weighted by atomic mass is 10.1. The number of nitrogens with zero attached hydrogens (tertiary/aromatic N) is 1. The van der Waals surface area contributed by atoms with Crippen LogP contribution in [0.3, 0.4) is 0 Å². The van der Waals surface area contributed by atoms with E-state index in [1.807, 2.05) is 30.5 Å². The fourth-order valence-electron chi connectivity index (χ4n) is 2.57. The number of benzene rings is 1. The number of hydrogen-bond donors (Lipinski definition) is 1. The third-order valence-electron chi connectivity index (χ3n) is 3.89. The van der Waals surface area contributed by atoms with Gasteiger partial charge in [0.2, 0.25) is 0 Å². The Bertz CT molecular complexity index is 728. The second-order valence-electron chi connectivity index (χ2n) is 6.24. The van der Waals surface area contributed by atoms with Gasteiger partial charge >= 0.3 is 0 Å². The zero-order valence-electron chi connectivity index (χ0n) is 15.8. The molecule has 0 aliphatic carbocycles. The highest BCUT2D eigenvalue weighted by atomic mass is 16.5. The van der Waals surface area contributed by atoms with Crippen molar-refractivity contribution in [2.24, 2.45) is 0 Å². The van der Waals surface area contributed by atoms with Gasteiger partial charge in [-0.15, -0.1) is 0 Å². The molecule has 27 heavy (non-hydrogen) atoms. The lowest BCUT2D eigenvalue weighted by molar-refractivity contribution is -0.112. The molecule has 0 spiro atoms. The first-order valence-corrected chi connectivity index (χ1v) is 9.21. The first-order valence-electron chi connectivity index (χ1n) is 9.21. The molecule has 1 aromatic carbocycles. The summed E-state index contributed by atoms with van der Waals surface area (Å²) in [6.45, 7) is 3.63. The fraction of sp³-hybridized carbons (Fsp3) is 0.364. The first kappa shape index (κ1) is 20.8. The summed E-state index contributed by atoms with van der Waals surface area (Å²) in [7, 11) is 0. The summed E-state index contributed by atoms with van der Waals surface area (Å²) in [5.41, 5.74) is 3.27. The average molecular weight is 369 g/mol. The van der Waals surface area contributed by atoms with Gasteiger partial charge in [-0.2, -0.15) is 0 Å². The molecule has 0 saturated heterocycles. The SMILES string of the molecule is CC(=O)C=C(O)CCCOCCOCCc1ccnc(-c2ccccc2)c1. The monoisotopic (exact) mass is 369 g/mol. The Morgan fingerprint density at radius 3 is 2.56 bits per heavy atom. The number of aromatic nitrogens is 1. The van der Waals surface area contributed by atoms with Crippen LogP contribution in [0.5, 0.6) is 0 Å². The van der Waals surface area contributed by atoms with Crippen LogP contribution < -0.4 is 0 Å². The van der Waals surface area contributed by atoms with Gasteiger partial charge in [0.25, 0.3) is 0 Å². The number of pyridine rings is 1. The Hall–Kier alpha value is -2.50. The van der Waals surface area contributed by atoms with Crippen molar-refractivity contribution in [3.63, 3.8) is 0 Å². The molecule has 0 unspecified atom stereocenters. The maximum Gasteiger partial charge on any atom is 0.155 e. The molecular weight excluding hydrogens is 342 g/mol. The normalized spacial score (nSPS) is 11.5. The molecule has 2 rings (SSSR count). The van der Waals surface area contributed by atoms with Crippen molar-refractivity contribution in [2.45, 2.75) is 26.2 Å². The summed E-state index contributed by atoms with van der Waals surface area (Å²) in [5, 5.41) is 9.45. The number of aliphatic hydroxyl groups is 1. The van der Waals surface area contributed by atoms with Gasteiger partial charge < -0.3 is 14.6 Å². The second-order valence-corrected chi connectivity index (χ2v) is 6.24. The molecule has 5 heteroatoms. The highest BCUT2D eigenvalue weighted by Gasteiger charge is 2.01. The van der Waals surface area contributed by atoms with E-state index in [1.165, 1.54) is 18.6 Å². The Morgan fingerprint density at radius 2 is 1.81 bits per heavy atom. The van der Waals surface area contributed by atoms with E-state index in [4.69, 9.17) is 9.47 Å². The topological polar surface area (TPSA) is 68.7 Å². The lowest BCUT2D eigenvalue weighted by Crippen LogP contribution is -2.08. The third kappa shape index (κ3) is 8.62. The molecule has 0 amide bonds. The van der Waals surface area contributed by atoms with Crippen LogP contribution in [-0.4, -0.2) is 42.3 Å². The van der Waals surface area contributed by atoms with Crippen molar-refractivity contribution in [1.82, 2.24) is 4.98 Å². The maximum atomic E-state index is 10.8. The Kier molecular flexibility index (Phi) is 9.24. The van der Waals surface area contributed by atoms with Crippen LogP contribution in [0.4, 0.5) is 0 Å². The third-order valence-corrected chi connectivity index (χ3v) is 3.89. The van der Waals surface area contributed by atoms with E-state index in [0.29, 0.717) is 39.3 Å². The Labute approximate surface area is 160 Å². The molecule has 0 radical (unpaired) electrons. The number of allylic oxidation sites excluding steroid dienone is 2. The van der Waals surface area contributed by atoms with Crippen molar-refractivity contribution in [2.75, 3.05) is 26.4 Å². The average Bonchev–Trinajstić information content (AvgIpc) is 2.67. The van der Waals surface area contributed by atoms with Crippen molar-refractivity contribution in [1.29, 1.82) is 0 Å². The highest BCUT2D eigenvalue weighted by Crippen LogP contribution is 2.17. The van der Waals surface area contributed by atoms with E-state index in [1.54, 1.807) is 0 Å². The molecule has 0 aliphatic rings. The van der Waals surface area contributed by atoms with Crippen molar-refractivity contribution >= 4 is 5.78 Å². The Balaban J connectivity index is 1.57. The molecule has 0 fully saturated rings. The fourth-order valence-corrected chi connectivity index (χ4v) is 2.57. The summed E-state index contributed by atoms with van der Waals surface area (Å²) in [5.74, 6) is -0.0403. The largest absolute Gasteiger partial charge is 0.512 e. The van der Waals surface area contributed by atoms with E-state index in [-0.39, 0.29) is 11.5 Å². The van der Waals surface area contributed by atoms with Crippen molar-refractivity contribution in [3.05, 3.63) is 66.1 Å². The molecule has 0 aliphatic heterocycles. The number of carbonyl (C=O) groups is 1. The van der Waals surface area contributed by atoms with E-state index in [9.17, 15) is 9.90 Å².